The molecule has 4 saturated carbocycles. The predicted octanol–water partition coefficient (Wildman–Crippen LogP) is 3.72. The van der Waals surface area contributed by atoms with E-state index in [2.05, 4.69) is 16.0 Å². The Labute approximate surface area is 190 Å². The molecule has 4 aliphatic carbocycles. The van der Waals surface area contributed by atoms with Gasteiger partial charge < -0.3 is 20.9 Å². The molecule has 1 unspecified atom stereocenters. The highest BCUT2D eigenvalue weighted by Crippen LogP contribution is 2.55. The van der Waals surface area contributed by atoms with Crippen LogP contribution in [0.15, 0.2) is 24.3 Å². The van der Waals surface area contributed by atoms with E-state index in [1.54, 1.807) is 0 Å². The summed E-state index contributed by atoms with van der Waals surface area (Å²) in [5.74, 6) is 2.30. The first-order valence-corrected chi connectivity index (χ1v) is 11.9. The second-order valence-electron chi connectivity index (χ2n) is 10.1. The van der Waals surface area contributed by atoms with Crippen LogP contribution < -0.4 is 16.0 Å². The highest BCUT2D eigenvalue weighted by Gasteiger charge is 2.51. The van der Waals surface area contributed by atoms with Crippen LogP contribution in [0.25, 0.3) is 0 Å². The Balaban J connectivity index is 1.20. The third kappa shape index (κ3) is 5.35. The minimum absolute atomic E-state index is 0.00498. The number of nitrogens with zero attached hydrogens (tertiary/aromatic N) is 1. The largest absolute Gasteiger partial charge is 0.354 e. The lowest BCUT2D eigenvalue weighted by Gasteiger charge is -2.56. The van der Waals surface area contributed by atoms with E-state index < -0.39 is 0 Å². The lowest BCUT2D eigenvalue weighted by molar-refractivity contribution is -0.121. The van der Waals surface area contributed by atoms with Gasteiger partial charge in [-0.3, -0.25) is 4.79 Å². The Morgan fingerprint density at radius 2 is 1.68 bits per heavy atom. The van der Waals surface area contributed by atoms with Crippen molar-refractivity contribution < 1.29 is 9.59 Å². The quantitative estimate of drug-likeness (QED) is 0.569. The van der Waals surface area contributed by atoms with Crippen molar-refractivity contribution in [2.24, 2.45) is 17.8 Å². The van der Waals surface area contributed by atoms with E-state index in [1.807, 2.05) is 43.3 Å². The monoisotopic (exact) mass is 446 g/mol. The summed E-state index contributed by atoms with van der Waals surface area (Å²) in [7, 11) is 3.94. The van der Waals surface area contributed by atoms with Crippen LogP contribution >= 0.6 is 11.6 Å². The van der Waals surface area contributed by atoms with E-state index in [-0.39, 0.29) is 29.9 Å². The predicted molar refractivity (Wildman–Crippen MR) is 123 cm³/mol. The van der Waals surface area contributed by atoms with Crippen molar-refractivity contribution in [1.29, 1.82) is 0 Å². The number of carbonyl (C=O) groups excluding carboxylic acids is 2. The Morgan fingerprint density at radius 1 is 1.06 bits per heavy atom. The van der Waals surface area contributed by atoms with E-state index in [0.29, 0.717) is 18.1 Å². The van der Waals surface area contributed by atoms with Gasteiger partial charge in [-0.15, -0.1) is 0 Å². The smallest absolute Gasteiger partial charge is 0.315 e. The zero-order chi connectivity index (χ0) is 22.0. The number of hydrogen-bond acceptors (Lipinski definition) is 3. The summed E-state index contributed by atoms with van der Waals surface area (Å²) in [5, 5.41) is 9.86. The summed E-state index contributed by atoms with van der Waals surface area (Å²) < 4.78 is 0. The summed E-state index contributed by atoms with van der Waals surface area (Å²) in [6, 6.07) is 7.56. The number of urea groups is 1. The maximum Gasteiger partial charge on any atom is 0.315 e. The van der Waals surface area contributed by atoms with Crippen molar-refractivity contribution in [1.82, 2.24) is 20.9 Å². The third-order valence-electron chi connectivity index (χ3n) is 7.43. The first-order chi connectivity index (χ1) is 14.8. The highest BCUT2D eigenvalue weighted by atomic mass is 35.5. The number of nitrogens with one attached hydrogen (secondary N) is 3. The molecule has 7 heteroatoms. The van der Waals surface area contributed by atoms with Crippen LogP contribution in [0, 0.1) is 17.8 Å². The van der Waals surface area contributed by atoms with Gasteiger partial charge in [-0.1, -0.05) is 29.8 Å². The van der Waals surface area contributed by atoms with Gasteiger partial charge in [0, 0.05) is 30.1 Å². The van der Waals surface area contributed by atoms with Crippen molar-refractivity contribution in [3.8, 4) is 0 Å². The standard InChI is InChI=1S/C24H35ClN4O2/c1-29(2)21(19-5-3-4-6-20(19)25)15-27-22(30)7-8-26-23(31)28-24-12-16-9-17(13-24)11-18(10-16)14-24/h3-6,16-18,21H,7-15H2,1-2H3,(H,27,30)(H2,26,28,31). The number of benzene rings is 1. The van der Waals surface area contributed by atoms with Crippen molar-refractivity contribution in [2.45, 2.75) is 56.5 Å². The van der Waals surface area contributed by atoms with Gasteiger partial charge in [0.05, 0.1) is 6.04 Å². The lowest BCUT2D eigenvalue weighted by Crippen LogP contribution is -2.61. The van der Waals surface area contributed by atoms with Gasteiger partial charge in [0.15, 0.2) is 0 Å². The molecular weight excluding hydrogens is 412 g/mol. The van der Waals surface area contributed by atoms with E-state index in [4.69, 9.17) is 11.6 Å². The molecule has 0 saturated heterocycles. The van der Waals surface area contributed by atoms with Gasteiger partial charge in [-0.05, 0) is 82.0 Å². The maximum atomic E-state index is 12.5. The molecule has 0 aliphatic heterocycles. The van der Waals surface area contributed by atoms with Gasteiger partial charge in [-0.25, -0.2) is 4.79 Å². The fourth-order valence-electron chi connectivity index (χ4n) is 6.45. The van der Waals surface area contributed by atoms with Crippen LogP contribution in [0.5, 0.6) is 0 Å². The molecule has 1 aromatic rings. The van der Waals surface area contributed by atoms with Gasteiger partial charge in [0.2, 0.25) is 5.91 Å². The van der Waals surface area contributed by atoms with Crippen molar-refractivity contribution >= 4 is 23.5 Å². The first-order valence-electron chi connectivity index (χ1n) is 11.6. The van der Waals surface area contributed by atoms with Crippen LogP contribution in [0.3, 0.4) is 0 Å². The normalized spacial score (nSPS) is 29.6. The molecule has 4 bridgehead atoms. The molecule has 4 fully saturated rings. The Hall–Kier alpha value is -1.79. The average molecular weight is 447 g/mol. The van der Waals surface area contributed by atoms with Crippen LogP contribution in [-0.4, -0.2) is 49.6 Å². The second kappa shape index (κ2) is 9.37. The second-order valence-corrected chi connectivity index (χ2v) is 10.5. The molecule has 1 atom stereocenters. The number of likely N-dealkylation sites (N-methyl/N-ethyl adjacent to an activating group) is 1. The number of halogens is 1. The Morgan fingerprint density at radius 3 is 2.26 bits per heavy atom. The number of hydrogen-bond donors (Lipinski definition) is 3. The molecule has 3 amide bonds. The molecule has 0 radical (unpaired) electrons. The SMILES string of the molecule is CN(C)C(CNC(=O)CCNC(=O)NC12CC3CC(CC(C3)C1)C2)c1ccccc1Cl. The fourth-order valence-corrected chi connectivity index (χ4v) is 6.71. The van der Waals surface area contributed by atoms with Gasteiger partial charge >= 0.3 is 6.03 Å². The Bertz CT molecular complexity index is 777. The zero-order valence-corrected chi connectivity index (χ0v) is 19.4. The maximum absolute atomic E-state index is 12.5. The highest BCUT2D eigenvalue weighted by molar-refractivity contribution is 6.31. The summed E-state index contributed by atoms with van der Waals surface area (Å²) >= 11 is 6.33. The molecule has 0 spiro atoms. The Kier molecular flexibility index (Phi) is 6.77. The average Bonchev–Trinajstić information content (AvgIpc) is 2.67. The number of amides is 3. The van der Waals surface area contributed by atoms with Gasteiger partial charge in [-0.2, -0.15) is 0 Å². The van der Waals surface area contributed by atoms with E-state index in [9.17, 15) is 9.59 Å². The van der Waals surface area contributed by atoms with Gasteiger partial charge in [0.25, 0.3) is 0 Å². The molecule has 5 rings (SSSR count). The zero-order valence-electron chi connectivity index (χ0n) is 18.6. The number of rotatable bonds is 8. The van der Waals surface area contributed by atoms with Crippen molar-refractivity contribution in [3.63, 3.8) is 0 Å². The van der Waals surface area contributed by atoms with Crippen molar-refractivity contribution in [2.75, 3.05) is 27.2 Å². The fraction of sp³-hybridized carbons (Fsp3) is 0.667. The molecule has 3 N–H and O–H groups in total. The molecular formula is C24H35ClN4O2. The van der Waals surface area contributed by atoms with Crippen molar-refractivity contribution in [3.05, 3.63) is 34.9 Å². The summed E-state index contributed by atoms with van der Waals surface area (Å²) in [5.41, 5.74) is 0.983. The summed E-state index contributed by atoms with van der Waals surface area (Å²) in [6.45, 7) is 0.803. The molecule has 4 aliphatic rings. The van der Waals surface area contributed by atoms with Crippen LogP contribution in [-0.2, 0) is 4.79 Å². The van der Waals surface area contributed by atoms with E-state index in [0.717, 1.165) is 42.6 Å². The molecule has 6 nitrogen and oxygen atoms in total. The van der Waals surface area contributed by atoms with Gasteiger partial charge in [0.1, 0.15) is 0 Å². The van der Waals surface area contributed by atoms with E-state index in [1.165, 1.54) is 19.3 Å². The van der Waals surface area contributed by atoms with Crippen LogP contribution in [0.4, 0.5) is 4.79 Å². The topological polar surface area (TPSA) is 73.5 Å². The lowest BCUT2D eigenvalue weighted by atomic mass is 9.53. The first kappa shape index (κ1) is 22.4. The minimum atomic E-state index is -0.128. The molecule has 1 aromatic carbocycles. The minimum Gasteiger partial charge on any atom is -0.354 e. The van der Waals surface area contributed by atoms with E-state index >= 15 is 0 Å². The summed E-state index contributed by atoms with van der Waals surface area (Å²) in [6.07, 6.45) is 7.69. The molecule has 170 valence electrons. The number of carbonyl (C=O) groups is 2. The van der Waals surface area contributed by atoms with Crippen LogP contribution in [0.1, 0.15) is 56.6 Å². The molecule has 31 heavy (non-hydrogen) atoms. The summed E-state index contributed by atoms with van der Waals surface area (Å²) in [4.78, 5) is 26.9. The van der Waals surface area contributed by atoms with Crippen LogP contribution in [0.2, 0.25) is 5.02 Å². The molecule has 0 heterocycles. The third-order valence-corrected chi connectivity index (χ3v) is 7.78. The molecule has 0 aromatic heterocycles.